The van der Waals surface area contributed by atoms with Gasteiger partial charge in [-0.2, -0.15) is 0 Å². The van der Waals surface area contributed by atoms with Crippen LogP contribution in [0.2, 0.25) is 0 Å². The van der Waals surface area contributed by atoms with Gasteiger partial charge in [0.25, 0.3) is 0 Å². The minimum absolute atomic E-state index is 0.269. The molecule has 2 rings (SSSR count). The summed E-state index contributed by atoms with van der Waals surface area (Å²) in [6.07, 6.45) is 1.42. The van der Waals surface area contributed by atoms with Crippen molar-refractivity contribution < 1.29 is 14.4 Å². The van der Waals surface area contributed by atoms with Gasteiger partial charge in [-0.1, -0.05) is 30.3 Å². The second kappa shape index (κ2) is 4.78. The molecule has 4 amide bonds. The minimum atomic E-state index is -0.838. The molecule has 1 aromatic carbocycles. The van der Waals surface area contributed by atoms with Crippen molar-refractivity contribution in [2.24, 2.45) is 0 Å². The maximum atomic E-state index is 11.3. The van der Waals surface area contributed by atoms with E-state index in [4.69, 9.17) is 0 Å². The van der Waals surface area contributed by atoms with Gasteiger partial charge in [0.1, 0.15) is 0 Å². The third-order valence-corrected chi connectivity index (χ3v) is 2.60. The molecule has 0 saturated carbocycles. The fourth-order valence-corrected chi connectivity index (χ4v) is 1.72. The molecule has 1 N–H and O–H groups in total. The molecule has 0 aromatic heterocycles. The summed E-state index contributed by atoms with van der Waals surface area (Å²) in [4.78, 5) is 34.3. The highest BCUT2D eigenvalue weighted by Crippen LogP contribution is 2.06. The molecular formula is C12H12N2O3. The quantitative estimate of drug-likeness (QED) is 0.613. The number of aryl methyl sites for hydroxylation is 1. The van der Waals surface area contributed by atoms with Crippen LogP contribution < -0.4 is 5.32 Å². The first-order valence-corrected chi connectivity index (χ1v) is 5.39. The van der Waals surface area contributed by atoms with Crippen molar-refractivity contribution in [3.05, 3.63) is 35.9 Å². The van der Waals surface area contributed by atoms with Gasteiger partial charge in [0.15, 0.2) is 0 Å². The fourth-order valence-electron chi connectivity index (χ4n) is 1.72. The van der Waals surface area contributed by atoms with Gasteiger partial charge in [-0.15, -0.1) is 0 Å². The Morgan fingerprint density at radius 2 is 1.76 bits per heavy atom. The Bertz CT molecular complexity index is 456. The molecule has 1 aliphatic rings. The standard InChI is InChI=1S/C12H12N2O3/c15-10-11(16)14(12(17)13-10)8-4-7-9-5-2-1-3-6-9/h1-3,5-6H,4,7-8H2,(H,13,15,17). The molecule has 5 nitrogen and oxygen atoms in total. The smallest absolute Gasteiger partial charge is 0.269 e. The Balaban J connectivity index is 1.85. The van der Waals surface area contributed by atoms with Crippen LogP contribution in [0.4, 0.5) is 4.79 Å². The molecule has 0 bridgehead atoms. The van der Waals surface area contributed by atoms with Gasteiger partial charge in [0.2, 0.25) is 0 Å². The minimum Gasteiger partial charge on any atom is -0.269 e. The van der Waals surface area contributed by atoms with Crippen molar-refractivity contribution in [1.82, 2.24) is 10.2 Å². The number of hydrogen-bond donors (Lipinski definition) is 1. The number of carbonyl (C=O) groups excluding carboxylic acids is 3. The summed E-state index contributed by atoms with van der Waals surface area (Å²) in [7, 11) is 0. The summed E-state index contributed by atoms with van der Waals surface area (Å²) in [5.41, 5.74) is 1.14. The van der Waals surface area contributed by atoms with Gasteiger partial charge >= 0.3 is 17.8 Å². The van der Waals surface area contributed by atoms with Crippen LogP contribution in [0.15, 0.2) is 30.3 Å². The van der Waals surface area contributed by atoms with E-state index in [1.807, 2.05) is 35.6 Å². The fraction of sp³-hybridized carbons (Fsp3) is 0.250. The second-order valence-electron chi connectivity index (χ2n) is 3.81. The third kappa shape index (κ3) is 2.50. The molecule has 0 atom stereocenters. The molecular weight excluding hydrogens is 220 g/mol. The molecule has 1 heterocycles. The Hall–Kier alpha value is -2.17. The Morgan fingerprint density at radius 1 is 1.06 bits per heavy atom. The summed E-state index contributed by atoms with van der Waals surface area (Å²) >= 11 is 0. The predicted molar refractivity (Wildman–Crippen MR) is 60.0 cm³/mol. The van der Waals surface area contributed by atoms with Crippen LogP contribution in [0.3, 0.4) is 0 Å². The Morgan fingerprint density at radius 3 is 2.35 bits per heavy atom. The van der Waals surface area contributed by atoms with Gasteiger partial charge in [-0.25, -0.2) is 4.79 Å². The summed E-state index contributed by atoms with van der Waals surface area (Å²) < 4.78 is 0. The maximum absolute atomic E-state index is 11.3. The van der Waals surface area contributed by atoms with Crippen molar-refractivity contribution >= 4 is 17.8 Å². The maximum Gasteiger partial charge on any atom is 0.331 e. The third-order valence-electron chi connectivity index (χ3n) is 2.60. The number of nitrogens with zero attached hydrogens (tertiary/aromatic N) is 1. The lowest BCUT2D eigenvalue weighted by Crippen LogP contribution is -2.32. The zero-order valence-electron chi connectivity index (χ0n) is 9.18. The number of imide groups is 2. The van der Waals surface area contributed by atoms with Gasteiger partial charge in [-0.3, -0.25) is 19.8 Å². The van der Waals surface area contributed by atoms with Crippen LogP contribution in [0, 0.1) is 0 Å². The molecule has 88 valence electrons. The van der Waals surface area contributed by atoms with Crippen LogP contribution in [-0.2, 0) is 16.0 Å². The van der Waals surface area contributed by atoms with Crippen molar-refractivity contribution in [3.63, 3.8) is 0 Å². The molecule has 0 radical (unpaired) electrons. The number of benzene rings is 1. The number of hydrogen-bond acceptors (Lipinski definition) is 3. The average Bonchev–Trinajstić information content (AvgIpc) is 2.57. The Labute approximate surface area is 98.4 Å². The molecule has 0 aliphatic carbocycles. The first-order valence-electron chi connectivity index (χ1n) is 5.39. The number of nitrogens with one attached hydrogen (secondary N) is 1. The normalized spacial score (nSPS) is 15.3. The SMILES string of the molecule is O=C1NC(=O)N(CCCc2ccccc2)C1=O. The average molecular weight is 232 g/mol. The first kappa shape index (κ1) is 11.3. The summed E-state index contributed by atoms with van der Waals surface area (Å²) in [6, 6.07) is 9.15. The van der Waals surface area contributed by atoms with Crippen molar-refractivity contribution in [2.75, 3.05) is 6.54 Å². The second-order valence-corrected chi connectivity index (χ2v) is 3.81. The highest BCUT2D eigenvalue weighted by molar-refractivity contribution is 6.44. The Kier molecular flexibility index (Phi) is 3.18. The zero-order valence-corrected chi connectivity index (χ0v) is 9.18. The zero-order chi connectivity index (χ0) is 12.3. The van der Waals surface area contributed by atoms with E-state index in [-0.39, 0.29) is 6.54 Å². The number of carbonyl (C=O) groups is 3. The van der Waals surface area contributed by atoms with E-state index < -0.39 is 17.8 Å². The van der Waals surface area contributed by atoms with E-state index in [2.05, 4.69) is 0 Å². The topological polar surface area (TPSA) is 66.5 Å². The molecule has 1 fully saturated rings. The highest BCUT2D eigenvalue weighted by atomic mass is 16.2. The first-order chi connectivity index (χ1) is 8.18. The van der Waals surface area contributed by atoms with Crippen LogP contribution >= 0.6 is 0 Å². The van der Waals surface area contributed by atoms with E-state index in [9.17, 15) is 14.4 Å². The van der Waals surface area contributed by atoms with Crippen molar-refractivity contribution in [3.8, 4) is 0 Å². The molecule has 1 aliphatic heterocycles. The van der Waals surface area contributed by atoms with Crippen LogP contribution in [0.1, 0.15) is 12.0 Å². The lowest BCUT2D eigenvalue weighted by atomic mass is 10.1. The van der Waals surface area contributed by atoms with E-state index in [0.29, 0.717) is 6.42 Å². The summed E-state index contributed by atoms with van der Waals surface area (Å²) in [5.74, 6) is -1.60. The van der Waals surface area contributed by atoms with Gasteiger partial charge in [0, 0.05) is 6.54 Å². The number of urea groups is 1. The largest absolute Gasteiger partial charge is 0.331 e. The van der Waals surface area contributed by atoms with E-state index in [1.165, 1.54) is 0 Å². The number of rotatable bonds is 4. The molecule has 0 unspecified atom stereocenters. The monoisotopic (exact) mass is 232 g/mol. The van der Waals surface area contributed by atoms with E-state index in [0.717, 1.165) is 16.9 Å². The van der Waals surface area contributed by atoms with Crippen molar-refractivity contribution in [1.29, 1.82) is 0 Å². The molecule has 1 aromatic rings. The summed E-state index contributed by atoms with van der Waals surface area (Å²) in [6.45, 7) is 0.269. The van der Waals surface area contributed by atoms with Crippen molar-refractivity contribution in [2.45, 2.75) is 12.8 Å². The van der Waals surface area contributed by atoms with Crippen LogP contribution in [-0.4, -0.2) is 29.3 Å². The summed E-state index contributed by atoms with van der Waals surface area (Å²) in [5, 5.41) is 1.96. The lowest BCUT2D eigenvalue weighted by molar-refractivity contribution is -0.140. The van der Waals surface area contributed by atoms with Gasteiger partial charge < -0.3 is 0 Å². The molecule has 5 heteroatoms. The van der Waals surface area contributed by atoms with Crippen LogP contribution in [0.5, 0.6) is 0 Å². The molecule has 0 spiro atoms. The van der Waals surface area contributed by atoms with Gasteiger partial charge in [-0.05, 0) is 18.4 Å². The molecule has 17 heavy (non-hydrogen) atoms. The number of amides is 4. The lowest BCUT2D eigenvalue weighted by Gasteiger charge is -2.10. The van der Waals surface area contributed by atoms with E-state index in [1.54, 1.807) is 0 Å². The van der Waals surface area contributed by atoms with E-state index >= 15 is 0 Å². The highest BCUT2D eigenvalue weighted by Gasteiger charge is 2.36. The van der Waals surface area contributed by atoms with Gasteiger partial charge in [0.05, 0.1) is 0 Å². The predicted octanol–water partition coefficient (Wildman–Crippen LogP) is 0.698. The van der Waals surface area contributed by atoms with Crippen LogP contribution in [0.25, 0.3) is 0 Å². The molecule has 1 saturated heterocycles.